The van der Waals surface area contributed by atoms with Gasteiger partial charge in [0.1, 0.15) is 19.7 Å². The molecular formula is C10H14N2O5. The summed E-state index contributed by atoms with van der Waals surface area (Å²) in [4.78, 5) is 25.6. The van der Waals surface area contributed by atoms with Gasteiger partial charge >= 0.3 is 5.97 Å². The van der Waals surface area contributed by atoms with Crippen molar-refractivity contribution in [1.29, 1.82) is 0 Å². The number of carbonyl (C=O) groups excluding carboxylic acids is 1. The number of ether oxygens (including phenoxy) is 2. The van der Waals surface area contributed by atoms with Gasteiger partial charge in [-0.2, -0.15) is 0 Å². The van der Waals surface area contributed by atoms with Crippen LogP contribution in [0.1, 0.15) is 12.5 Å². The van der Waals surface area contributed by atoms with Crippen LogP contribution in [0.15, 0.2) is 11.1 Å². The summed E-state index contributed by atoms with van der Waals surface area (Å²) >= 11 is 0. The van der Waals surface area contributed by atoms with Crippen molar-refractivity contribution in [3.63, 3.8) is 0 Å². The topological polar surface area (TPSA) is 90.7 Å². The second kappa shape index (κ2) is 6.00. The minimum absolute atomic E-state index is 0.00574. The van der Waals surface area contributed by atoms with E-state index < -0.39 is 0 Å². The number of hydrogen-bond acceptors (Lipinski definition) is 6. The summed E-state index contributed by atoms with van der Waals surface area (Å²) in [6.45, 7) is 3.09. The van der Waals surface area contributed by atoms with E-state index in [1.807, 2.05) is 0 Å². The predicted molar refractivity (Wildman–Crippen MR) is 57.5 cm³/mol. The van der Waals surface area contributed by atoms with E-state index in [2.05, 4.69) is 9.72 Å². The average Bonchev–Trinajstić information content (AvgIpc) is 2.28. The molecule has 7 heteroatoms. The van der Waals surface area contributed by atoms with Crippen molar-refractivity contribution in [2.45, 2.75) is 20.6 Å². The molecular weight excluding hydrogens is 228 g/mol. The number of esters is 1. The second-order valence-corrected chi connectivity index (χ2v) is 3.35. The molecule has 94 valence electrons. The van der Waals surface area contributed by atoms with Crippen LogP contribution in [-0.4, -0.2) is 33.8 Å². The Bertz CT molecular complexity index is 454. The third kappa shape index (κ3) is 3.87. The zero-order valence-corrected chi connectivity index (χ0v) is 9.67. The number of hydrogen-bond donors (Lipinski definition) is 1. The number of aromatic hydroxyl groups is 1. The molecule has 0 aliphatic carbocycles. The van der Waals surface area contributed by atoms with Gasteiger partial charge in [-0.1, -0.05) is 0 Å². The van der Waals surface area contributed by atoms with E-state index in [4.69, 9.17) is 4.74 Å². The van der Waals surface area contributed by atoms with Gasteiger partial charge in [-0.3, -0.25) is 14.2 Å². The molecule has 1 N–H and O–H groups in total. The van der Waals surface area contributed by atoms with Gasteiger partial charge in [-0.15, -0.1) is 0 Å². The Hall–Kier alpha value is -1.89. The fraction of sp³-hybridized carbons (Fsp3) is 0.500. The highest BCUT2D eigenvalue weighted by Gasteiger charge is 2.05. The Morgan fingerprint density at radius 2 is 2.24 bits per heavy atom. The molecule has 0 saturated heterocycles. The van der Waals surface area contributed by atoms with Crippen molar-refractivity contribution < 1.29 is 19.4 Å². The molecule has 1 heterocycles. The highest BCUT2D eigenvalue weighted by atomic mass is 16.6. The fourth-order valence-corrected chi connectivity index (χ4v) is 1.08. The first-order chi connectivity index (χ1) is 8.02. The van der Waals surface area contributed by atoms with Crippen LogP contribution in [0.2, 0.25) is 0 Å². The van der Waals surface area contributed by atoms with E-state index in [1.165, 1.54) is 24.7 Å². The van der Waals surface area contributed by atoms with Gasteiger partial charge < -0.3 is 14.6 Å². The van der Waals surface area contributed by atoms with E-state index in [1.54, 1.807) is 0 Å². The third-order valence-corrected chi connectivity index (χ3v) is 2.00. The van der Waals surface area contributed by atoms with Crippen molar-refractivity contribution in [2.24, 2.45) is 0 Å². The zero-order valence-electron chi connectivity index (χ0n) is 9.67. The van der Waals surface area contributed by atoms with Gasteiger partial charge in [0.25, 0.3) is 5.56 Å². The van der Waals surface area contributed by atoms with E-state index >= 15 is 0 Å². The summed E-state index contributed by atoms with van der Waals surface area (Å²) in [5, 5.41) is 9.17. The van der Waals surface area contributed by atoms with E-state index in [0.29, 0.717) is 0 Å². The predicted octanol–water partition coefficient (Wildman–Crippen LogP) is -0.205. The molecule has 0 fully saturated rings. The molecule has 1 aromatic rings. The van der Waals surface area contributed by atoms with Crippen molar-refractivity contribution in [3.8, 4) is 5.88 Å². The number of rotatable bonds is 5. The summed E-state index contributed by atoms with van der Waals surface area (Å²) < 4.78 is 11.0. The highest BCUT2D eigenvalue weighted by Crippen LogP contribution is 2.04. The molecule has 1 rings (SSSR count). The van der Waals surface area contributed by atoms with E-state index in [-0.39, 0.29) is 42.9 Å². The smallest absolute Gasteiger partial charge is 0.302 e. The molecule has 0 atom stereocenters. The largest absolute Gasteiger partial charge is 0.493 e. The standard InChI is InChI=1S/C10H14N2O5/c1-7-9(14)11-5-12(10(7)15)6-16-3-4-17-8(2)13/h5,14H,3-4,6H2,1-2H3. The van der Waals surface area contributed by atoms with E-state index in [0.717, 1.165) is 0 Å². The summed E-state index contributed by atoms with van der Waals surface area (Å²) in [7, 11) is 0. The second-order valence-electron chi connectivity index (χ2n) is 3.35. The van der Waals surface area contributed by atoms with Crippen LogP contribution in [0.3, 0.4) is 0 Å². The Morgan fingerprint density at radius 3 is 2.88 bits per heavy atom. The van der Waals surface area contributed by atoms with Gasteiger partial charge in [-0.05, 0) is 6.92 Å². The lowest BCUT2D eigenvalue weighted by Crippen LogP contribution is -2.24. The Kier molecular flexibility index (Phi) is 4.65. The maximum absolute atomic E-state index is 11.6. The third-order valence-electron chi connectivity index (χ3n) is 2.00. The quantitative estimate of drug-likeness (QED) is 0.567. The molecule has 1 aromatic heterocycles. The Morgan fingerprint density at radius 1 is 1.53 bits per heavy atom. The molecule has 0 aliphatic heterocycles. The first kappa shape index (κ1) is 13.2. The molecule has 0 radical (unpaired) electrons. The van der Waals surface area contributed by atoms with Crippen molar-refractivity contribution >= 4 is 5.97 Å². The van der Waals surface area contributed by atoms with E-state index in [9.17, 15) is 14.7 Å². The zero-order chi connectivity index (χ0) is 12.8. The number of aromatic nitrogens is 2. The van der Waals surface area contributed by atoms with Gasteiger partial charge in [-0.25, -0.2) is 4.98 Å². The lowest BCUT2D eigenvalue weighted by atomic mass is 10.4. The first-order valence-electron chi connectivity index (χ1n) is 4.98. The van der Waals surface area contributed by atoms with Crippen LogP contribution in [0.4, 0.5) is 0 Å². The van der Waals surface area contributed by atoms with Gasteiger partial charge in [0.15, 0.2) is 0 Å². The van der Waals surface area contributed by atoms with Crippen molar-refractivity contribution in [1.82, 2.24) is 9.55 Å². The summed E-state index contributed by atoms with van der Waals surface area (Å²) in [6, 6.07) is 0. The molecule has 0 saturated carbocycles. The molecule has 0 unspecified atom stereocenters. The average molecular weight is 242 g/mol. The lowest BCUT2D eigenvalue weighted by Gasteiger charge is -2.07. The molecule has 7 nitrogen and oxygen atoms in total. The minimum Gasteiger partial charge on any atom is -0.493 e. The molecule has 17 heavy (non-hydrogen) atoms. The van der Waals surface area contributed by atoms with Crippen LogP contribution in [0.25, 0.3) is 0 Å². The van der Waals surface area contributed by atoms with Gasteiger partial charge in [0.05, 0.1) is 12.2 Å². The SMILES string of the molecule is CC(=O)OCCOCn1cnc(O)c(C)c1=O. The normalized spacial score (nSPS) is 10.2. The maximum atomic E-state index is 11.6. The van der Waals surface area contributed by atoms with Gasteiger partial charge in [0, 0.05) is 6.92 Å². The van der Waals surface area contributed by atoms with Crippen LogP contribution in [0, 0.1) is 6.92 Å². The minimum atomic E-state index is -0.382. The molecule has 0 spiro atoms. The molecule has 0 amide bonds. The monoisotopic (exact) mass is 242 g/mol. The maximum Gasteiger partial charge on any atom is 0.302 e. The molecule has 0 aliphatic rings. The Balaban J connectivity index is 2.45. The van der Waals surface area contributed by atoms with Crippen LogP contribution >= 0.6 is 0 Å². The summed E-state index contributed by atoms with van der Waals surface area (Å²) in [6.07, 6.45) is 1.19. The number of nitrogens with zero attached hydrogens (tertiary/aromatic N) is 2. The number of carbonyl (C=O) groups is 1. The lowest BCUT2D eigenvalue weighted by molar-refractivity contribution is -0.142. The molecule has 0 bridgehead atoms. The van der Waals surface area contributed by atoms with Gasteiger partial charge in [0.2, 0.25) is 5.88 Å². The first-order valence-corrected chi connectivity index (χ1v) is 4.98. The van der Waals surface area contributed by atoms with Crippen molar-refractivity contribution in [2.75, 3.05) is 13.2 Å². The van der Waals surface area contributed by atoms with Crippen LogP contribution in [-0.2, 0) is 21.0 Å². The summed E-state index contributed by atoms with van der Waals surface area (Å²) in [5.74, 6) is -0.668. The highest BCUT2D eigenvalue weighted by molar-refractivity contribution is 5.65. The summed E-state index contributed by atoms with van der Waals surface area (Å²) in [5.41, 5.74) is -0.207. The fourth-order valence-electron chi connectivity index (χ4n) is 1.08. The van der Waals surface area contributed by atoms with Crippen molar-refractivity contribution in [3.05, 3.63) is 22.2 Å². The molecule has 0 aromatic carbocycles. The Labute approximate surface area is 97.6 Å². The van der Waals surface area contributed by atoms with Crippen LogP contribution < -0.4 is 5.56 Å². The van der Waals surface area contributed by atoms with Crippen LogP contribution in [0.5, 0.6) is 5.88 Å².